The third-order valence-electron chi connectivity index (χ3n) is 3.56. The number of benzene rings is 3. The lowest BCUT2D eigenvalue weighted by atomic mass is 9.92. The SMILES string of the molecule is O=C(O)c1ccc2ccc(C(=O)O)c(-c3ccccc3)c2c1. The fourth-order valence-electron chi connectivity index (χ4n) is 2.55. The van der Waals surface area contributed by atoms with Crippen molar-refractivity contribution in [1.29, 1.82) is 0 Å². The van der Waals surface area contributed by atoms with Crippen molar-refractivity contribution in [2.24, 2.45) is 0 Å². The van der Waals surface area contributed by atoms with E-state index in [1.807, 2.05) is 30.3 Å². The molecule has 0 radical (unpaired) electrons. The summed E-state index contributed by atoms with van der Waals surface area (Å²) < 4.78 is 0. The highest BCUT2D eigenvalue weighted by Gasteiger charge is 2.16. The topological polar surface area (TPSA) is 74.6 Å². The van der Waals surface area contributed by atoms with Gasteiger partial charge in [-0.3, -0.25) is 0 Å². The number of hydrogen-bond donors (Lipinski definition) is 2. The van der Waals surface area contributed by atoms with Crippen LogP contribution in [0.2, 0.25) is 0 Å². The number of rotatable bonds is 3. The molecule has 0 atom stereocenters. The third kappa shape index (κ3) is 2.31. The van der Waals surface area contributed by atoms with Gasteiger partial charge in [-0.1, -0.05) is 42.5 Å². The molecule has 0 spiro atoms. The van der Waals surface area contributed by atoms with Gasteiger partial charge < -0.3 is 10.2 Å². The minimum absolute atomic E-state index is 0.132. The van der Waals surface area contributed by atoms with Crippen molar-refractivity contribution >= 4 is 22.7 Å². The maximum absolute atomic E-state index is 11.5. The van der Waals surface area contributed by atoms with Crippen LogP contribution < -0.4 is 0 Å². The second-order valence-electron chi connectivity index (χ2n) is 4.90. The zero-order valence-corrected chi connectivity index (χ0v) is 11.5. The molecular formula is C18H12O4. The summed E-state index contributed by atoms with van der Waals surface area (Å²) in [6.45, 7) is 0. The molecule has 0 aliphatic carbocycles. The molecule has 0 amide bonds. The Morgan fingerprint density at radius 1 is 0.773 bits per heavy atom. The molecule has 4 nitrogen and oxygen atoms in total. The molecule has 3 aromatic carbocycles. The molecule has 2 N–H and O–H groups in total. The highest BCUT2D eigenvalue weighted by molar-refractivity contribution is 6.09. The Morgan fingerprint density at radius 2 is 1.45 bits per heavy atom. The van der Waals surface area contributed by atoms with Crippen molar-refractivity contribution in [3.8, 4) is 11.1 Å². The lowest BCUT2D eigenvalue weighted by molar-refractivity contribution is 0.0687. The molecule has 108 valence electrons. The lowest BCUT2D eigenvalue weighted by Crippen LogP contribution is -2.01. The first-order valence-corrected chi connectivity index (χ1v) is 6.66. The highest BCUT2D eigenvalue weighted by atomic mass is 16.4. The number of carboxylic acid groups (broad SMARTS) is 2. The summed E-state index contributed by atoms with van der Waals surface area (Å²) >= 11 is 0. The number of carbonyl (C=O) groups is 2. The Morgan fingerprint density at radius 3 is 2.09 bits per heavy atom. The van der Waals surface area contributed by atoms with E-state index in [1.54, 1.807) is 18.2 Å². The lowest BCUT2D eigenvalue weighted by Gasteiger charge is -2.11. The average Bonchev–Trinajstić information content (AvgIpc) is 2.53. The summed E-state index contributed by atoms with van der Waals surface area (Å²) in [5.74, 6) is -2.08. The Bertz CT molecular complexity index is 877. The zero-order valence-electron chi connectivity index (χ0n) is 11.5. The summed E-state index contributed by atoms with van der Waals surface area (Å²) in [5, 5.41) is 20.0. The molecule has 4 heteroatoms. The van der Waals surface area contributed by atoms with Gasteiger partial charge >= 0.3 is 11.9 Å². The first kappa shape index (κ1) is 13.8. The molecule has 22 heavy (non-hydrogen) atoms. The van der Waals surface area contributed by atoms with Crippen LogP contribution in [-0.2, 0) is 0 Å². The number of carboxylic acids is 2. The van der Waals surface area contributed by atoms with Gasteiger partial charge in [0.25, 0.3) is 0 Å². The molecule has 0 aromatic heterocycles. The summed E-state index contributed by atoms with van der Waals surface area (Å²) in [5.41, 5.74) is 1.56. The normalized spacial score (nSPS) is 10.5. The van der Waals surface area contributed by atoms with Crippen LogP contribution in [0.3, 0.4) is 0 Å². The Kier molecular flexibility index (Phi) is 3.35. The van der Waals surface area contributed by atoms with Crippen LogP contribution in [0.15, 0.2) is 60.7 Å². The molecule has 3 rings (SSSR count). The van der Waals surface area contributed by atoms with Gasteiger partial charge in [0.1, 0.15) is 0 Å². The molecule has 0 aliphatic heterocycles. The monoisotopic (exact) mass is 292 g/mol. The number of aromatic carboxylic acids is 2. The summed E-state index contributed by atoms with van der Waals surface area (Å²) in [7, 11) is 0. The second-order valence-corrected chi connectivity index (χ2v) is 4.90. The molecule has 0 bridgehead atoms. The molecule has 0 unspecified atom stereocenters. The van der Waals surface area contributed by atoms with Gasteiger partial charge in [0.2, 0.25) is 0 Å². The average molecular weight is 292 g/mol. The first-order valence-electron chi connectivity index (χ1n) is 6.66. The van der Waals surface area contributed by atoms with Crippen molar-refractivity contribution in [1.82, 2.24) is 0 Å². The first-order chi connectivity index (χ1) is 10.6. The quantitative estimate of drug-likeness (QED) is 0.767. The van der Waals surface area contributed by atoms with Crippen molar-refractivity contribution in [2.75, 3.05) is 0 Å². The molecule has 0 heterocycles. The van der Waals surface area contributed by atoms with Crippen LogP contribution in [0.5, 0.6) is 0 Å². The van der Waals surface area contributed by atoms with Crippen LogP contribution in [0, 0.1) is 0 Å². The fraction of sp³-hybridized carbons (Fsp3) is 0. The number of hydrogen-bond acceptors (Lipinski definition) is 2. The van der Waals surface area contributed by atoms with Crippen molar-refractivity contribution in [2.45, 2.75) is 0 Å². The van der Waals surface area contributed by atoms with Crippen LogP contribution >= 0.6 is 0 Å². The van der Waals surface area contributed by atoms with Crippen LogP contribution in [0.1, 0.15) is 20.7 Å². The summed E-state index contributed by atoms with van der Waals surface area (Å²) in [4.78, 5) is 22.7. The zero-order chi connectivity index (χ0) is 15.7. The summed E-state index contributed by atoms with van der Waals surface area (Å²) in [6.07, 6.45) is 0. The van der Waals surface area contributed by atoms with E-state index in [0.717, 1.165) is 10.9 Å². The van der Waals surface area contributed by atoms with Gasteiger partial charge in [0.15, 0.2) is 0 Å². The van der Waals surface area contributed by atoms with E-state index >= 15 is 0 Å². The van der Waals surface area contributed by atoms with Gasteiger partial charge in [-0.15, -0.1) is 0 Å². The minimum Gasteiger partial charge on any atom is -0.478 e. The van der Waals surface area contributed by atoms with Crippen molar-refractivity contribution < 1.29 is 19.8 Å². The molecule has 0 saturated heterocycles. The predicted molar refractivity (Wildman–Crippen MR) is 83.3 cm³/mol. The Balaban J connectivity index is 2.42. The van der Waals surface area contributed by atoms with E-state index in [-0.39, 0.29) is 11.1 Å². The minimum atomic E-state index is -1.04. The molecule has 3 aromatic rings. The molecular weight excluding hydrogens is 280 g/mol. The van der Waals surface area contributed by atoms with Crippen LogP contribution in [-0.4, -0.2) is 22.2 Å². The van der Waals surface area contributed by atoms with Gasteiger partial charge in [0.05, 0.1) is 11.1 Å². The maximum Gasteiger partial charge on any atom is 0.336 e. The third-order valence-corrected chi connectivity index (χ3v) is 3.56. The smallest absolute Gasteiger partial charge is 0.336 e. The van der Waals surface area contributed by atoms with E-state index in [9.17, 15) is 14.7 Å². The molecule has 0 saturated carbocycles. The van der Waals surface area contributed by atoms with E-state index in [1.165, 1.54) is 12.1 Å². The standard InChI is InChI=1S/C18H12O4/c19-17(20)13-7-6-11-8-9-14(18(21)22)16(15(11)10-13)12-4-2-1-3-5-12/h1-10H,(H,19,20)(H,21,22). The van der Waals surface area contributed by atoms with Crippen molar-refractivity contribution in [3.63, 3.8) is 0 Å². The van der Waals surface area contributed by atoms with Crippen LogP contribution in [0.4, 0.5) is 0 Å². The fourth-order valence-corrected chi connectivity index (χ4v) is 2.55. The summed E-state index contributed by atoms with van der Waals surface area (Å²) in [6, 6.07) is 17.1. The van der Waals surface area contributed by atoms with E-state index in [2.05, 4.69) is 0 Å². The highest BCUT2D eigenvalue weighted by Crippen LogP contribution is 2.33. The Labute approximate surface area is 126 Å². The largest absolute Gasteiger partial charge is 0.478 e. The van der Waals surface area contributed by atoms with E-state index in [0.29, 0.717) is 10.9 Å². The molecule has 0 aliphatic rings. The van der Waals surface area contributed by atoms with E-state index in [4.69, 9.17) is 5.11 Å². The van der Waals surface area contributed by atoms with E-state index < -0.39 is 11.9 Å². The Hall–Kier alpha value is -3.14. The molecule has 0 fully saturated rings. The maximum atomic E-state index is 11.5. The van der Waals surface area contributed by atoms with Gasteiger partial charge in [-0.2, -0.15) is 0 Å². The van der Waals surface area contributed by atoms with Crippen LogP contribution in [0.25, 0.3) is 21.9 Å². The van der Waals surface area contributed by atoms with Crippen molar-refractivity contribution in [3.05, 3.63) is 71.8 Å². The van der Waals surface area contributed by atoms with Gasteiger partial charge in [-0.05, 0) is 34.5 Å². The predicted octanol–water partition coefficient (Wildman–Crippen LogP) is 3.90. The van der Waals surface area contributed by atoms with Gasteiger partial charge in [-0.25, -0.2) is 9.59 Å². The number of fused-ring (bicyclic) bond motifs is 1. The van der Waals surface area contributed by atoms with Gasteiger partial charge in [0, 0.05) is 5.56 Å². The second kappa shape index (κ2) is 5.33.